The molecule has 0 heterocycles. The van der Waals surface area contributed by atoms with Crippen LogP contribution in [-0.2, 0) is 0 Å². The van der Waals surface area contributed by atoms with Crippen molar-refractivity contribution in [3.05, 3.63) is 65.5 Å². The van der Waals surface area contributed by atoms with E-state index in [4.69, 9.17) is 9.47 Å². The Kier molecular flexibility index (Phi) is 4.72. The van der Waals surface area contributed by atoms with E-state index in [9.17, 15) is 9.18 Å². The molecule has 0 aliphatic carbocycles. The molecule has 0 saturated carbocycles. The maximum atomic E-state index is 14.0. The Morgan fingerprint density at radius 2 is 1.67 bits per heavy atom. The van der Waals surface area contributed by atoms with Crippen molar-refractivity contribution in [2.75, 3.05) is 14.2 Å². The predicted octanol–water partition coefficient (Wildman–Crippen LogP) is 3.90. The van der Waals surface area contributed by atoms with Crippen molar-refractivity contribution in [1.82, 2.24) is 0 Å². The third-order valence-corrected chi connectivity index (χ3v) is 2.96. The second-order valence-electron chi connectivity index (χ2n) is 4.30. The van der Waals surface area contributed by atoms with Gasteiger partial charge in [-0.25, -0.2) is 4.39 Å². The summed E-state index contributed by atoms with van der Waals surface area (Å²) in [5.74, 6) is -0.648. The molecule has 0 aliphatic heterocycles. The van der Waals surface area contributed by atoms with Crippen LogP contribution < -0.4 is 9.47 Å². The number of halogens is 1. The number of methoxy groups -OCH3 is 2. The predicted molar refractivity (Wildman–Crippen MR) is 79.4 cm³/mol. The topological polar surface area (TPSA) is 35.5 Å². The van der Waals surface area contributed by atoms with Gasteiger partial charge in [0.05, 0.1) is 14.2 Å². The number of hydrogen-bond donors (Lipinski definition) is 0. The third kappa shape index (κ3) is 3.48. The van der Waals surface area contributed by atoms with Crippen LogP contribution in [0.25, 0.3) is 6.08 Å². The molecule has 3 nitrogen and oxygen atoms in total. The van der Waals surface area contributed by atoms with Gasteiger partial charge >= 0.3 is 0 Å². The molecule has 0 atom stereocenters. The van der Waals surface area contributed by atoms with E-state index in [0.29, 0.717) is 17.1 Å². The van der Waals surface area contributed by atoms with Gasteiger partial charge in [-0.3, -0.25) is 4.79 Å². The smallest absolute Gasteiger partial charge is 0.221 e. The highest BCUT2D eigenvalue weighted by Crippen LogP contribution is 2.28. The average molecular weight is 286 g/mol. The maximum Gasteiger partial charge on any atom is 0.221 e. The molecule has 0 unspecified atom stereocenters. The van der Waals surface area contributed by atoms with E-state index in [0.717, 1.165) is 0 Å². The van der Waals surface area contributed by atoms with Gasteiger partial charge in [0.1, 0.15) is 0 Å². The van der Waals surface area contributed by atoms with Crippen molar-refractivity contribution in [2.45, 2.75) is 0 Å². The number of rotatable bonds is 5. The SMILES string of the molecule is COc1ccc(C(=O)/C(F)=C/c2ccccc2)cc1OC. The maximum absolute atomic E-state index is 14.0. The second kappa shape index (κ2) is 6.70. The Hall–Kier alpha value is -2.62. The summed E-state index contributed by atoms with van der Waals surface area (Å²) < 4.78 is 24.2. The molecule has 0 bridgehead atoms. The molecule has 4 heteroatoms. The number of hydrogen-bond acceptors (Lipinski definition) is 3. The second-order valence-corrected chi connectivity index (χ2v) is 4.30. The van der Waals surface area contributed by atoms with Crippen LogP contribution in [0.1, 0.15) is 15.9 Å². The van der Waals surface area contributed by atoms with Gasteiger partial charge in [-0.2, -0.15) is 0 Å². The highest BCUT2D eigenvalue weighted by Gasteiger charge is 2.15. The molecule has 0 saturated heterocycles. The van der Waals surface area contributed by atoms with E-state index in [1.54, 1.807) is 30.3 Å². The third-order valence-electron chi connectivity index (χ3n) is 2.96. The summed E-state index contributed by atoms with van der Waals surface area (Å²) in [6.45, 7) is 0. The molecule has 0 radical (unpaired) electrons. The van der Waals surface area contributed by atoms with Crippen LogP contribution in [0.4, 0.5) is 4.39 Å². The molecule has 2 rings (SSSR count). The van der Waals surface area contributed by atoms with Crippen LogP contribution in [0.3, 0.4) is 0 Å². The van der Waals surface area contributed by atoms with Crippen molar-refractivity contribution >= 4 is 11.9 Å². The van der Waals surface area contributed by atoms with Crippen LogP contribution in [-0.4, -0.2) is 20.0 Å². The number of ketones is 1. The Morgan fingerprint density at radius 1 is 1.00 bits per heavy atom. The molecule has 2 aromatic rings. The minimum Gasteiger partial charge on any atom is -0.493 e. The highest BCUT2D eigenvalue weighted by atomic mass is 19.1. The van der Waals surface area contributed by atoms with E-state index < -0.39 is 11.6 Å². The van der Waals surface area contributed by atoms with Crippen molar-refractivity contribution in [2.24, 2.45) is 0 Å². The number of carbonyl (C=O) groups is 1. The first-order chi connectivity index (χ1) is 10.2. The van der Waals surface area contributed by atoms with Crippen LogP contribution in [0.2, 0.25) is 0 Å². The van der Waals surface area contributed by atoms with E-state index in [2.05, 4.69) is 0 Å². The van der Waals surface area contributed by atoms with Gasteiger partial charge in [-0.05, 0) is 29.8 Å². The van der Waals surface area contributed by atoms with Gasteiger partial charge in [0, 0.05) is 5.56 Å². The molecule has 0 aromatic heterocycles. The summed E-state index contributed by atoms with van der Waals surface area (Å²) in [4.78, 5) is 12.1. The van der Waals surface area contributed by atoms with Crippen LogP contribution >= 0.6 is 0 Å². The molecule has 0 spiro atoms. The summed E-state index contributed by atoms with van der Waals surface area (Å²) in [6.07, 6.45) is 1.21. The Morgan fingerprint density at radius 3 is 2.29 bits per heavy atom. The van der Waals surface area contributed by atoms with Crippen molar-refractivity contribution in [3.63, 3.8) is 0 Å². The van der Waals surface area contributed by atoms with Crippen LogP contribution in [0.15, 0.2) is 54.4 Å². The minimum atomic E-state index is -0.826. The van der Waals surface area contributed by atoms with Crippen molar-refractivity contribution in [1.29, 1.82) is 0 Å². The number of benzene rings is 2. The van der Waals surface area contributed by atoms with Crippen molar-refractivity contribution in [3.8, 4) is 11.5 Å². The molecule has 0 amide bonds. The summed E-state index contributed by atoms with van der Waals surface area (Å²) in [6, 6.07) is 13.4. The zero-order valence-corrected chi connectivity index (χ0v) is 11.8. The van der Waals surface area contributed by atoms with Gasteiger partial charge in [0.2, 0.25) is 5.78 Å². The van der Waals surface area contributed by atoms with Gasteiger partial charge in [0.25, 0.3) is 0 Å². The van der Waals surface area contributed by atoms with Gasteiger partial charge in [0.15, 0.2) is 17.3 Å². The first kappa shape index (κ1) is 14.8. The highest BCUT2D eigenvalue weighted by molar-refractivity contribution is 6.10. The number of carbonyl (C=O) groups excluding carboxylic acids is 1. The lowest BCUT2D eigenvalue weighted by molar-refractivity contribution is 0.101. The zero-order chi connectivity index (χ0) is 15.2. The zero-order valence-electron chi connectivity index (χ0n) is 11.8. The summed E-state index contributed by atoms with van der Waals surface area (Å²) >= 11 is 0. The van der Waals surface area contributed by atoms with Gasteiger partial charge < -0.3 is 9.47 Å². The fraction of sp³-hybridized carbons (Fsp3) is 0.118. The summed E-state index contributed by atoms with van der Waals surface area (Å²) in [5, 5.41) is 0. The molecular formula is C17H15FO3. The van der Waals surface area contributed by atoms with Gasteiger partial charge in [-0.15, -0.1) is 0 Å². The minimum absolute atomic E-state index is 0.206. The number of allylic oxidation sites excluding steroid dienone is 1. The quantitative estimate of drug-likeness (QED) is 0.617. The first-order valence-corrected chi connectivity index (χ1v) is 6.34. The molecule has 108 valence electrons. The van der Waals surface area contributed by atoms with E-state index in [1.807, 2.05) is 6.07 Å². The first-order valence-electron chi connectivity index (χ1n) is 6.34. The normalized spacial score (nSPS) is 11.1. The van der Waals surface area contributed by atoms with E-state index in [-0.39, 0.29) is 5.56 Å². The monoisotopic (exact) mass is 286 g/mol. The summed E-state index contributed by atoms with van der Waals surface area (Å²) in [5.41, 5.74) is 0.834. The molecule has 0 aliphatic rings. The fourth-order valence-electron chi connectivity index (χ4n) is 1.88. The number of Topliss-reactive ketones (excluding diaryl/α,β-unsaturated/α-hetero) is 1. The molecule has 2 aromatic carbocycles. The lowest BCUT2D eigenvalue weighted by atomic mass is 10.1. The average Bonchev–Trinajstić information content (AvgIpc) is 2.54. The lowest BCUT2D eigenvalue weighted by Crippen LogP contribution is -2.01. The lowest BCUT2D eigenvalue weighted by Gasteiger charge is -2.08. The standard InChI is InChI=1S/C17H15FO3/c1-20-15-9-8-13(11-16(15)21-2)17(19)14(18)10-12-6-4-3-5-7-12/h3-11H,1-2H3/b14-10-. The van der Waals surface area contributed by atoms with Gasteiger partial charge in [-0.1, -0.05) is 30.3 Å². The molecular weight excluding hydrogens is 271 g/mol. The molecule has 0 N–H and O–H groups in total. The van der Waals surface area contributed by atoms with Crippen LogP contribution in [0, 0.1) is 0 Å². The molecule has 0 fully saturated rings. The largest absolute Gasteiger partial charge is 0.493 e. The van der Waals surface area contributed by atoms with E-state index >= 15 is 0 Å². The summed E-state index contributed by atoms with van der Waals surface area (Å²) in [7, 11) is 2.96. The van der Waals surface area contributed by atoms with Crippen molar-refractivity contribution < 1.29 is 18.7 Å². The Balaban J connectivity index is 2.29. The van der Waals surface area contributed by atoms with Crippen LogP contribution in [0.5, 0.6) is 11.5 Å². The number of ether oxygens (including phenoxy) is 2. The fourth-order valence-corrected chi connectivity index (χ4v) is 1.88. The van der Waals surface area contributed by atoms with E-state index in [1.165, 1.54) is 32.4 Å². The Labute approximate surface area is 122 Å². The Bertz CT molecular complexity index is 663. The molecule has 21 heavy (non-hydrogen) atoms.